The molecule has 5 atom stereocenters. The third-order valence-corrected chi connectivity index (χ3v) is 10.8. The van der Waals surface area contributed by atoms with E-state index >= 15 is 0 Å². The normalized spacial score (nSPS) is 28.4. The van der Waals surface area contributed by atoms with Crippen molar-refractivity contribution in [1.82, 2.24) is 9.80 Å². The summed E-state index contributed by atoms with van der Waals surface area (Å²) in [6.07, 6.45) is 1.39. The van der Waals surface area contributed by atoms with Gasteiger partial charge in [0.2, 0.25) is 5.91 Å². The van der Waals surface area contributed by atoms with Crippen LogP contribution >= 0.6 is 0 Å². The Hall–Kier alpha value is -3.82. The van der Waals surface area contributed by atoms with E-state index in [2.05, 4.69) is 35.2 Å². The van der Waals surface area contributed by atoms with Gasteiger partial charge in [0.1, 0.15) is 6.10 Å². The molecule has 0 aromatic heterocycles. The lowest BCUT2D eigenvalue weighted by molar-refractivity contribution is -0.199. The van der Waals surface area contributed by atoms with E-state index in [1.807, 2.05) is 12.1 Å². The molecule has 2 heterocycles. The molecular formula is C36H37F3N2O4. The topological polar surface area (TPSA) is 62.2 Å². The molecule has 6 nitrogen and oxygen atoms in total. The molecule has 2 aliphatic heterocycles. The average Bonchev–Trinajstić information content (AvgIpc) is 3.39. The number of hydrogen-bond donors (Lipinski definition) is 1. The summed E-state index contributed by atoms with van der Waals surface area (Å²) in [6, 6.07) is 18.8. The number of rotatable bonds is 7. The molecule has 1 saturated heterocycles. The zero-order chi connectivity index (χ0) is 31.6. The zero-order valence-electron chi connectivity index (χ0n) is 25.4. The highest BCUT2D eigenvalue weighted by atomic mass is 19.4. The summed E-state index contributed by atoms with van der Waals surface area (Å²) >= 11 is 0. The van der Waals surface area contributed by atoms with Gasteiger partial charge in [0.05, 0.1) is 29.7 Å². The lowest BCUT2D eigenvalue weighted by Crippen LogP contribution is -2.78. The standard InChI is InChI=1S/C36H37F3N2O4/c1-40(30(42)15-10-24-8-12-26(13-9-24)36(37,38)39)27-16-18-35(43)29-22-25-11-14-28(44-2)32-31(25)34(35,33(27)45-32)19-21-41(29)20-17-23-6-4-3-5-7-23/h3-15,27,29,33,43H,16-22H2,1-2H3/b15-10+/t27?,29-,33?,34+,35-/m1/s1. The van der Waals surface area contributed by atoms with Crippen LogP contribution < -0.4 is 9.47 Å². The summed E-state index contributed by atoms with van der Waals surface area (Å²) in [4.78, 5) is 17.6. The molecule has 4 aliphatic rings. The van der Waals surface area contributed by atoms with Gasteiger partial charge in [-0.25, -0.2) is 0 Å². The number of alkyl halides is 3. The van der Waals surface area contributed by atoms with Crippen molar-refractivity contribution < 1.29 is 32.5 Å². The van der Waals surface area contributed by atoms with E-state index < -0.39 is 28.9 Å². The van der Waals surface area contributed by atoms with Crippen molar-refractivity contribution in [2.75, 3.05) is 27.2 Å². The molecular weight excluding hydrogens is 581 g/mol. The van der Waals surface area contributed by atoms with Crippen LogP contribution in [0.5, 0.6) is 11.5 Å². The van der Waals surface area contributed by atoms with E-state index in [9.17, 15) is 23.1 Å². The Morgan fingerprint density at radius 1 is 1.11 bits per heavy atom. The van der Waals surface area contributed by atoms with Crippen LogP contribution in [0.25, 0.3) is 6.08 Å². The molecule has 1 spiro atoms. The molecule has 1 N–H and O–H groups in total. The number of likely N-dealkylation sites (N-methyl/N-ethyl adjacent to an activating group) is 1. The number of piperidine rings is 1. The molecule has 1 amide bonds. The summed E-state index contributed by atoms with van der Waals surface area (Å²) in [6.45, 7) is 1.64. The number of methoxy groups -OCH3 is 1. The fraction of sp³-hybridized carbons (Fsp3) is 0.417. The molecule has 2 unspecified atom stereocenters. The highest BCUT2D eigenvalue weighted by Gasteiger charge is 2.73. The van der Waals surface area contributed by atoms with Gasteiger partial charge in [-0.1, -0.05) is 48.5 Å². The monoisotopic (exact) mass is 618 g/mol. The molecule has 2 bridgehead atoms. The highest BCUT2D eigenvalue weighted by molar-refractivity contribution is 5.92. The zero-order valence-corrected chi connectivity index (χ0v) is 25.4. The first-order chi connectivity index (χ1) is 21.6. The average molecular weight is 619 g/mol. The van der Waals surface area contributed by atoms with Crippen LogP contribution in [0.1, 0.15) is 47.1 Å². The maximum absolute atomic E-state index is 13.5. The number of likely N-dealkylation sites (tertiary alicyclic amines) is 1. The second kappa shape index (κ2) is 10.9. The molecule has 3 aromatic rings. The summed E-state index contributed by atoms with van der Waals surface area (Å²) in [5.74, 6) is 1.02. The fourth-order valence-corrected chi connectivity index (χ4v) is 8.57. The largest absolute Gasteiger partial charge is 0.493 e. The summed E-state index contributed by atoms with van der Waals surface area (Å²) < 4.78 is 51.5. The second-order valence-electron chi connectivity index (χ2n) is 12.8. The van der Waals surface area contributed by atoms with Crippen LogP contribution in [0.4, 0.5) is 13.2 Å². The van der Waals surface area contributed by atoms with Gasteiger partial charge in [0.15, 0.2) is 11.5 Å². The first-order valence-corrected chi connectivity index (χ1v) is 15.6. The predicted molar refractivity (Wildman–Crippen MR) is 164 cm³/mol. The summed E-state index contributed by atoms with van der Waals surface area (Å²) in [7, 11) is 3.36. The third-order valence-electron chi connectivity index (χ3n) is 10.8. The van der Waals surface area contributed by atoms with E-state index in [1.165, 1.54) is 29.8 Å². The van der Waals surface area contributed by atoms with E-state index in [0.29, 0.717) is 42.7 Å². The Labute approximate surface area is 261 Å². The van der Waals surface area contributed by atoms with Gasteiger partial charge in [-0.3, -0.25) is 9.69 Å². The number of aliphatic hydroxyl groups is 1. The lowest BCUT2D eigenvalue weighted by Gasteiger charge is -2.64. The van der Waals surface area contributed by atoms with Crippen LogP contribution in [0.2, 0.25) is 0 Å². The Balaban J connectivity index is 1.18. The van der Waals surface area contributed by atoms with Gasteiger partial charge < -0.3 is 19.5 Å². The Kier molecular flexibility index (Phi) is 7.24. The maximum atomic E-state index is 13.5. The molecule has 2 fully saturated rings. The van der Waals surface area contributed by atoms with Crippen LogP contribution in [-0.2, 0) is 29.2 Å². The Morgan fingerprint density at radius 3 is 2.58 bits per heavy atom. The van der Waals surface area contributed by atoms with E-state index in [1.54, 1.807) is 19.1 Å². The Morgan fingerprint density at radius 2 is 1.87 bits per heavy atom. The summed E-state index contributed by atoms with van der Waals surface area (Å²) in [5.41, 5.74) is 1.47. The van der Waals surface area contributed by atoms with Crippen molar-refractivity contribution in [3.63, 3.8) is 0 Å². The van der Waals surface area contributed by atoms with Crippen LogP contribution in [0.3, 0.4) is 0 Å². The first-order valence-electron chi connectivity index (χ1n) is 15.6. The van der Waals surface area contributed by atoms with Crippen LogP contribution in [0.15, 0.2) is 72.8 Å². The molecule has 7 rings (SSSR count). The van der Waals surface area contributed by atoms with Gasteiger partial charge in [-0.15, -0.1) is 0 Å². The van der Waals surface area contributed by atoms with E-state index in [4.69, 9.17) is 9.47 Å². The van der Waals surface area contributed by atoms with Gasteiger partial charge in [0, 0.05) is 31.3 Å². The number of hydrogen-bond acceptors (Lipinski definition) is 5. The van der Waals surface area contributed by atoms with Crippen molar-refractivity contribution >= 4 is 12.0 Å². The molecule has 236 valence electrons. The predicted octanol–water partition coefficient (Wildman–Crippen LogP) is 5.65. The quantitative estimate of drug-likeness (QED) is 0.347. The fourth-order valence-electron chi connectivity index (χ4n) is 8.57. The van der Waals surface area contributed by atoms with Crippen molar-refractivity contribution in [3.8, 4) is 11.5 Å². The van der Waals surface area contributed by atoms with Gasteiger partial charge in [-0.2, -0.15) is 13.2 Å². The molecule has 45 heavy (non-hydrogen) atoms. The lowest BCUT2D eigenvalue weighted by atomic mass is 9.48. The van der Waals surface area contributed by atoms with Crippen molar-refractivity contribution in [1.29, 1.82) is 0 Å². The molecule has 1 saturated carbocycles. The van der Waals surface area contributed by atoms with Crippen LogP contribution in [-0.4, -0.2) is 71.8 Å². The molecule has 9 heteroatoms. The number of carbonyl (C=O) groups excluding carboxylic acids is 1. The number of nitrogens with zero attached hydrogens (tertiary/aromatic N) is 2. The minimum Gasteiger partial charge on any atom is -0.493 e. The first kappa shape index (κ1) is 29.9. The molecule has 3 aromatic carbocycles. The number of ether oxygens (including phenoxy) is 2. The number of halogens is 3. The molecule has 0 radical (unpaired) electrons. The van der Waals surface area contributed by atoms with Crippen molar-refractivity contribution in [3.05, 3.63) is 101 Å². The van der Waals surface area contributed by atoms with E-state index in [-0.39, 0.29) is 18.0 Å². The minimum atomic E-state index is -4.42. The van der Waals surface area contributed by atoms with Gasteiger partial charge in [0.25, 0.3) is 0 Å². The number of carbonyl (C=O) groups is 1. The van der Waals surface area contributed by atoms with Crippen molar-refractivity contribution in [2.45, 2.75) is 67.5 Å². The second-order valence-corrected chi connectivity index (χ2v) is 12.8. The van der Waals surface area contributed by atoms with Gasteiger partial charge in [-0.05, 0) is 79.6 Å². The van der Waals surface area contributed by atoms with Crippen molar-refractivity contribution in [2.24, 2.45) is 0 Å². The summed E-state index contributed by atoms with van der Waals surface area (Å²) in [5, 5.41) is 12.9. The molecule has 2 aliphatic carbocycles. The smallest absolute Gasteiger partial charge is 0.416 e. The highest BCUT2D eigenvalue weighted by Crippen LogP contribution is 2.66. The number of benzene rings is 3. The van der Waals surface area contributed by atoms with E-state index in [0.717, 1.165) is 42.8 Å². The third kappa shape index (κ3) is 4.65. The maximum Gasteiger partial charge on any atom is 0.416 e. The van der Waals surface area contributed by atoms with Gasteiger partial charge >= 0.3 is 6.18 Å². The van der Waals surface area contributed by atoms with Crippen LogP contribution in [0, 0.1) is 0 Å². The minimum absolute atomic E-state index is 0.0885. The SMILES string of the molecule is COc1ccc2c3c1OC1C(N(C)C(=O)/C=C/c4ccc(C(F)(F)F)cc4)CC[C@@]4(O)[C@@H](C2)N(CCc2ccccc2)CC[C@]314. The number of amides is 1. The Bertz CT molecular complexity index is 1630.